The van der Waals surface area contributed by atoms with Gasteiger partial charge < -0.3 is 5.32 Å². The average molecular weight is 280 g/mol. The SMILES string of the molecule is Cc1cccc(C(=N)/C(Br)=C\NC2CC2)n1. The second-order valence-electron chi connectivity index (χ2n) is 3.97. The summed E-state index contributed by atoms with van der Waals surface area (Å²) in [6, 6.07) is 6.30. The van der Waals surface area contributed by atoms with Crippen LogP contribution in [0.5, 0.6) is 0 Å². The number of hydrogen-bond donors (Lipinski definition) is 2. The van der Waals surface area contributed by atoms with Crippen molar-refractivity contribution in [3.8, 4) is 0 Å². The monoisotopic (exact) mass is 279 g/mol. The molecule has 1 fully saturated rings. The number of nitrogens with one attached hydrogen (secondary N) is 2. The molecule has 1 heterocycles. The van der Waals surface area contributed by atoms with Gasteiger partial charge in [-0.15, -0.1) is 0 Å². The first-order valence-corrected chi connectivity index (χ1v) is 6.11. The molecule has 0 aliphatic heterocycles. The van der Waals surface area contributed by atoms with Crippen molar-refractivity contribution in [2.75, 3.05) is 0 Å². The maximum atomic E-state index is 7.98. The molecule has 4 heteroatoms. The minimum absolute atomic E-state index is 0.414. The van der Waals surface area contributed by atoms with Crippen LogP contribution in [0, 0.1) is 12.3 Å². The quantitative estimate of drug-likeness (QED) is 0.833. The molecule has 16 heavy (non-hydrogen) atoms. The second kappa shape index (κ2) is 4.78. The van der Waals surface area contributed by atoms with E-state index in [1.165, 1.54) is 12.8 Å². The van der Waals surface area contributed by atoms with E-state index in [0.29, 0.717) is 17.4 Å². The molecule has 0 bridgehead atoms. The maximum absolute atomic E-state index is 7.98. The van der Waals surface area contributed by atoms with Crippen molar-refractivity contribution in [1.82, 2.24) is 10.3 Å². The fourth-order valence-electron chi connectivity index (χ4n) is 1.32. The smallest absolute Gasteiger partial charge is 0.0953 e. The molecule has 3 nitrogen and oxygen atoms in total. The number of halogens is 1. The third kappa shape index (κ3) is 2.92. The lowest BCUT2D eigenvalue weighted by Crippen LogP contribution is -2.11. The summed E-state index contributed by atoms with van der Waals surface area (Å²) in [5, 5.41) is 11.2. The summed E-state index contributed by atoms with van der Waals surface area (Å²) in [5.74, 6) is 0. The molecule has 0 spiro atoms. The summed E-state index contributed by atoms with van der Waals surface area (Å²) in [7, 11) is 0. The van der Waals surface area contributed by atoms with Crippen molar-refractivity contribution in [2.24, 2.45) is 0 Å². The van der Waals surface area contributed by atoms with E-state index in [9.17, 15) is 0 Å². The molecule has 0 aromatic carbocycles. The van der Waals surface area contributed by atoms with Gasteiger partial charge in [0, 0.05) is 17.9 Å². The largest absolute Gasteiger partial charge is 0.387 e. The van der Waals surface area contributed by atoms with Crippen molar-refractivity contribution in [2.45, 2.75) is 25.8 Å². The number of aryl methyl sites for hydroxylation is 1. The Kier molecular flexibility index (Phi) is 3.39. The predicted octanol–water partition coefficient (Wildman–Crippen LogP) is 2.75. The van der Waals surface area contributed by atoms with Crippen molar-refractivity contribution in [3.63, 3.8) is 0 Å². The Bertz CT molecular complexity index is 436. The van der Waals surface area contributed by atoms with E-state index in [1.807, 2.05) is 31.3 Å². The lowest BCUT2D eigenvalue weighted by atomic mass is 10.2. The summed E-state index contributed by atoms with van der Waals surface area (Å²) in [5.41, 5.74) is 2.04. The Morgan fingerprint density at radius 3 is 2.94 bits per heavy atom. The molecule has 1 saturated carbocycles. The highest BCUT2D eigenvalue weighted by Crippen LogP contribution is 2.20. The summed E-state index contributed by atoms with van der Waals surface area (Å²) >= 11 is 3.39. The minimum atomic E-state index is 0.414. The first-order valence-electron chi connectivity index (χ1n) is 5.31. The van der Waals surface area contributed by atoms with Gasteiger partial charge in [0.2, 0.25) is 0 Å². The van der Waals surface area contributed by atoms with Gasteiger partial charge in [-0.1, -0.05) is 6.07 Å². The zero-order chi connectivity index (χ0) is 11.5. The van der Waals surface area contributed by atoms with Crippen molar-refractivity contribution < 1.29 is 0 Å². The molecule has 84 valence electrons. The molecule has 1 aliphatic rings. The van der Waals surface area contributed by atoms with Crippen LogP contribution >= 0.6 is 15.9 Å². The fraction of sp³-hybridized carbons (Fsp3) is 0.333. The highest BCUT2D eigenvalue weighted by Gasteiger charge is 2.19. The van der Waals surface area contributed by atoms with Crippen LogP contribution in [0.1, 0.15) is 24.2 Å². The summed E-state index contributed by atoms with van der Waals surface area (Å²) < 4.78 is 0.748. The van der Waals surface area contributed by atoms with Gasteiger partial charge in [-0.2, -0.15) is 0 Å². The molecule has 0 unspecified atom stereocenters. The van der Waals surface area contributed by atoms with Crippen LogP contribution in [-0.4, -0.2) is 16.7 Å². The first-order chi connectivity index (χ1) is 7.66. The molecular formula is C12H14BrN3. The van der Waals surface area contributed by atoms with E-state index >= 15 is 0 Å². The van der Waals surface area contributed by atoms with E-state index in [0.717, 1.165) is 10.2 Å². The Balaban J connectivity index is 2.08. The number of pyridine rings is 1. The fourth-order valence-corrected chi connectivity index (χ4v) is 1.65. The van der Waals surface area contributed by atoms with Crippen LogP contribution < -0.4 is 5.32 Å². The maximum Gasteiger partial charge on any atom is 0.0953 e. The van der Waals surface area contributed by atoms with E-state index in [1.54, 1.807) is 0 Å². The topological polar surface area (TPSA) is 48.8 Å². The van der Waals surface area contributed by atoms with E-state index in [2.05, 4.69) is 26.2 Å². The van der Waals surface area contributed by atoms with Crippen molar-refractivity contribution in [3.05, 3.63) is 40.3 Å². The molecule has 0 radical (unpaired) electrons. The van der Waals surface area contributed by atoms with Gasteiger partial charge in [-0.3, -0.25) is 10.4 Å². The predicted molar refractivity (Wildman–Crippen MR) is 69.0 cm³/mol. The number of nitrogens with zero attached hydrogens (tertiary/aromatic N) is 1. The van der Waals surface area contributed by atoms with Gasteiger partial charge in [0.25, 0.3) is 0 Å². The van der Waals surface area contributed by atoms with Gasteiger partial charge in [0.05, 0.1) is 15.9 Å². The zero-order valence-corrected chi connectivity index (χ0v) is 10.7. The highest BCUT2D eigenvalue weighted by molar-refractivity contribution is 9.12. The van der Waals surface area contributed by atoms with Gasteiger partial charge in [0.1, 0.15) is 0 Å². The zero-order valence-electron chi connectivity index (χ0n) is 9.13. The van der Waals surface area contributed by atoms with Crippen LogP contribution in [-0.2, 0) is 0 Å². The third-order valence-corrected chi connectivity index (χ3v) is 3.03. The summed E-state index contributed by atoms with van der Waals surface area (Å²) in [6.07, 6.45) is 4.31. The van der Waals surface area contributed by atoms with Gasteiger partial charge >= 0.3 is 0 Å². The van der Waals surface area contributed by atoms with Crippen LogP contribution in [0.2, 0.25) is 0 Å². The van der Waals surface area contributed by atoms with Crippen LogP contribution in [0.4, 0.5) is 0 Å². The number of hydrogen-bond acceptors (Lipinski definition) is 3. The summed E-state index contributed by atoms with van der Waals surface area (Å²) in [6.45, 7) is 1.93. The number of rotatable bonds is 4. The molecule has 0 atom stereocenters. The lowest BCUT2D eigenvalue weighted by Gasteiger charge is -2.04. The van der Waals surface area contributed by atoms with Gasteiger partial charge in [-0.25, -0.2) is 0 Å². The molecule has 0 saturated heterocycles. The standard InChI is InChI=1S/C12H14BrN3/c1-8-3-2-4-11(16-8)12(14)10(13)7-15-9-5-6-9/h2-4,7,9,14-15H,5-6H2,1H3/b10-7+,14-12?. The first kappa shape index (κ1) is 11.3. The number of aromatic nitrogens is 1. The van der Waals surface area contributed by atoms with E-state index < -0.39 is 0 Å². The van der Waals surface area contributed by atoms with E-state index in [4.69, 9.17) is 5.41 Å². The van der Waals surface area contributed by atoms with E-state index in [-0.39, 0.29) is 0 Å². The van der Waals surface area contributed by atoms with Crippen molar-refractivity contribution >= 4 is 21.6 Å². The minimum Gasteiger partial charge on any atom is -0.387 e. The highest BCUT2D eigenvalue weighted by atomic mass is 79.9. The third-order valence-electron chi connectivity index (χ3n) is 2.41. The normalized spacial score (nSPS) is 16.0. The van der Waals surface area contributed by atoms with Crippen LogP contribution in [0.15, 0.2) is 28.9 Å². The lowest BCUT2D eigenvalue weighted by molar-refractivity contribution is 0.862. The molecule has 1 aromatic heterocycles. The van der Waals surface area contributed by atoms with Crippen LogP contribution in [0.25, 0.3) is 0 Å². The Morgan fingerprint density at radius 2 is 2.31 bits per heavy atom. The van der Waals surface area contributed by atoms with Gasteiger partial charge in [-0.05, 0) is 47.8 Å². The molecule has 2 N–H and O–H groups in total. The summed E-state index contributed by atoms with van der Waals surface area (Å²) in [4.78, 5) is 4.31. The van der Waals surface area contributed by atoms with Gasteiger partial charge in [0.15, 0.2) is 0 Å². The Hall–Kier alpha value is -1.16. The Morgan fingerprint density at radius 1 is 1.56 bits per heavy atom. The Labute approximate surface area is 104 Å². The van der Waals surface area contributed by atoms with Crippen molar-refractivity contribution in [1.29, 1.82) is 5.41 Å². The molecule has 1 aliphatic carbocycles. The average Bonchev–Trinajstić information content (AvgIpc) is 3.08. The molecule has 1 aromatic rings. The second-order valence-corrected chi connectivity index (χ2v) is 4.83. The number of allylic oxidation sites excluding steroid dienone is 1. The molecule has 0 amide bonds. The van der Waals surface area contributed by atoms with Crippen LogP contribution in [0.3, 0.4) is 0 Å². The molecule has 2 rings (SSSR count). The molecular weight excluding hydrogens is 266 g/mol.